The van der Waals surface area contributed by atoms with E-state index >= 15 is 0 Å². The van der Waals surface area contributed by atoms with Gasteiger partial charge in [0, 0.05) is 54.4 Å². The highest BCUT2D eigenvalue weighted by molar-refractivity contribution is 5.91. The third-order valence-electron chi connectivity index (χ3n) is 8.88. The molecule has 0 unspecified atom stereocenters. The number of carbonyl (C=O) groups is 8. The summed E-state index contributed by atoms with van der Waals surface area (Å²) in [5, 5.41) is 0. The van der Waals surface area contributed by atoms with E-state index in [-0.39, 0.29) is 23.7 Å². The fraction of sp³-hybridized carbons (Fsp3) is 0.556. The molecule has 20 heteroatoms. The molecule has 0 spiro atoms. The summed E-state index contributed by atoms with van der Waals surface area (Å²) in [6.45, 7) is 6.91. The largest absolute Gasteiger partial charge is 0.472 e. The van der Waals surface area contributed by atoms with E-state index in [1.165, 1.54) is 25.3 Å². The molecule has 1 aromatic carbocycles. The SMILES string of the molecule is CC(=O)OC[C@H]1O[C@@H](O[C@@H]2OC=C[C@H]3[C@H](OC(=O)c4ccc(OC(C)=O)c(OC(C)=O)c4)[C@@H]4O[C@]4(COC(C)=O)[C@@H]23)[C@H](OC(C)=O)[C@@H](OC(C)=O)[C@@H]1OC(C)=O. The van der Waals surface area contributed by atoms with E-state index in [0.29, 0.717) is 0 Å². The molecule has 11 atom stereocenters. The van der Waals surface area contributed by atoms with Crippen molar-refractivity contribution in [2.75, 3.05) is 13.2 Å². The summed E-state index contributed by atoms with van der Waals surface area (Å²) in [5.74, 6) is -8.28. The third-order valence-corrected chi connectivity index (χ3v) is 8.88. The van der Waals surface area contributed by atoms with Crippen LogP contribution in [-0.4, -0.2) is 116 Å². The minimum atomic E-state index is -1.66. The van der Waals surface area contributed by atoms with Gasteiger partial charge in [-0.2, -0.15) is 0 Å². The second-order valence-electron chi connectivity index (χ2n) is 13.1. The number of ether oxygens (including phenoxy) is 12. The van der Waals surface area contributed by atoms with Gasteiger partial charge in [-0.15, -0.1) is 0 Å². The van der Waals surface area contributed by atoms with E-state index in [4.69, 9.17) is 56.8 Å². The first-order chi connectivity index (χ1) is 26.4. The molecule has 56 heavy (non-hydrogen) atoms. The van der Waals surface area contributed by atoms with Crippen molar-refractivity contribution in [2.24, 2.45) is 11.8 Å². The first kappa shape index (κ1) is 41.6. The Labute approximate surface area is 318 Å². The van der Waals surface area contributed by atoms with E-state index in [1.807, 2.05) is 0 Å². The minimum Gasteiger partial charge on any atom is -0.472 e. The monoisotopic (exact) mass is 792 g/mol. The molecule has 5 rings (SSSR count). The molecule has 2 saturated heterocycles. The lowest BCUT2D eigenvalue weighted by Gasteiger charge is -2.46. The molecule has 1 aliphatic carbocycles. The second kappa shape index (κ2) is 17.0. The van der Waals surface area contributed by atoms with Gasteiger partial charge in [0.15, 0.2) is 29.8 Å². The Hall–Kier alpha value is -5.60. The van der Waals surface area contributed by atoms with Crippen molar-refractivity contribution in [1.29, 1.82) is 0 Å². The van der Waals surface area contributed by atoms with Crippen molar-refractivity contribution in [3.05, 3.63) is 36.1 Å². The standard InChI is InChI=1S/C36H40O20/c1-15(37)46-13-26-29(50-19(5)41)30(51-20(6)42)31(52-21(7)43)35(53-26)55-34-27-23(10-11-45-34)28(32-36(27,56-32)14-47-16(2)38)54-33(44)22-8-9-24(48-17(3)39)25(12-22)49-18(4)40/h8-12,23,26-32,34-35H,13-14H2,1-7H3/t23-,26-,27-,28+,29-,30+,31-,32+,34+,35+,36-/m1/s1. The topological polar surface area (TPSA) is 251 Å². The van der Waals surface area contributed by atoms with Gasteiger partial charge in [0.05, 0.1) is 17.7 Å². The molecule has 4 aliphatic rings. The average Bonchev–Trinajstić information content (AvgIpc) is 3.76. The van der Waals surface area contributed by atoms with Crippen LogP contribution in [0.5, 0.6) is 11.5 Å². The summed E-state index contributed by atoms with van der Waals surface area (Å²) in [7, 11) is 0. The highest BCUT2D eigenvalue weighted by Gasteiger charge is 2.78. The molecule has 0 amide bonds. The molecule has 1 aromatic rings. The zero-order valence-electron chi connectivity index (χ0n) is 31.2. The maximum Gasteiger partial charge on any atom is 0.338 e. The second-order valence-corrected chi connectivity index (χ2v) is 13.1. The Morgan fingerprint density at radius 2 is 1.25 bits per heavy atom. The highest BCUT2D eigenvalue weighted by Crippen LogP contribution is 2.61. The van der Waals surface area contributed by atoms with Crippen molar-refractivity contribution in [2.45, 2.75) is 103 Å². The number of benzene rings is 1. The van der Waals surface area contributed by atoms with Crippen molar-refractivity contribution in [1.82, 2.24) is 0 Å². The molecular formula is C36H40O20. The summed E-state index contributed by atoms with van der Waals surface area (Å²) < 4.78 is 67.5. The van der Waals surface area contributed by atoms with Gasteiger partial charge in [-0.1, -0.05) is 0 Å². The number of esters is 8. The smallest absolute Gasteiger partial charge is 0.338 e. The van der Waals surface area contributed by atoms with E-state index in [1.54, 1.807) is 6.08 Å². The molecule has 0 bridgehead atoms. The Morgan fingerprint density at radius 3 is 1.86 bits per heavy atom. The van der Waals surface area contributed by atoms with Gasteiger partial charge in [-0.25, -0.2) is 4.79 Å². The predicted octanol–water partition coefficient (Wildman–Crippen LogP) is 0.979. The van der Waals surface area contributed by atoms with Crippen LogP contribution < -0.4 is 9.47 Å². The van der Waals surface area contributed by atoms with Crippen molar-refractivity contribution >= 4 is 47.8 Å². The fourth-order valence-corrected chi connectivity index (χ4v) is 6.90. The molecule has 3 aliphatic heterocycles. The summed E-state index contributed by atoms with van der Waals surface area (Å²) in [4.78, 5) is 97.6. The van der Waals surface area contributed by atoms with E-state index in [9.17, 15) is 38.4 Å². The molecule has 3 heterocycles. The van der Waals surface area contributed by atoms with Gasteiger partial charge < -0.3 is 56.8 Å². The highest BCUT2D eigenvalue weighted by atomic mass is 16.8. The van der Waals surface area contributed by atoms with Crippen LogP contribution in [-0.2, 0) is 80.9 Å². The van der Waals surface area contributed by atoms with Gasteiger partial charge in [0.25, 0.3) is 0 Å². The number of epoxide rings is 1. The van der Waals surface area contributed by atoms with Crippen LogP contribution in [0.25, 0.3) is 0 Å². The molecule has 0 radical (unpaired) electrons. The summed E-state index contributed by atoms with van der Waals surface area (Å²) in [5.41, 5.74) is -1.45. The van der Waals surface area contributed by atoms with Gasteiger partial charge in [0.1, 0.15) is 37.1 Å². The van der Waals surface area contributed by atoms with Crippen LogP contribution in [0, 0.1) is 11.8 Å². The quantitative estimate of drug-likeness (QED) is 0.117. The first-order valence-electron chi connectivity index (χ1n) is 17.2. The molecular weight excluding hydrogens is 752 g/mol. The van der Waals surface area contributed by atoms with Gasteiger partial charge in [-0.3, -0.25) is 33.6 Å². The summed E-state index contributed by atoms with van der Waals surface area (Å²) >= 11 is 0. The van der Waals surface area contributed by atoms with E-state index in [2.05, 4.69) is 0 Å². The van der Waals surface area contributed by atoms with Crippen LogP contribution >= 0.6 is 0 Å². The van der Waals surface area contributed by atoms with Crippen molar-refractivity contribution < 1.29 is 95.2 Å². The lowest BCUT2D eigenvalue weighted by Crippen LogP contribution is -2.64. The molecule has 20 nitrogen and oxygen atoms in total. The predicted molar refractivity (Wildman–Crippen MR) is 177 cm³/mol. The average molecular weight is 793 g/mol. The maximum absolute atomic E-state index is 13.6. The maximum atomic E-state index is 13.6. The number of hydrogen-bond acceptors (Lipinski definition) is 20. The number of hydrogen-bond donors (Lipinski definition) is 0. The third kappa shape index (κ3) is 9.43. The Bertz CT molecular complexity index is 1790. The van der Waals surface area contributed by atoms with Crippen LogP contribution in [0.3, 0.4) is 0 Å². The normalized spacial score (nSPS) is 30.8. The molecule has 1 saturated carbocycles. The zero-order chi connectivity index (χ0) is 41.1. The zero-order valence-corrected chi connectivity index (χ0v) is 31.2. The lowest BCUT2D eigenvalue weighted by molar-refractivity contribution is -0.346. The minimum absolute atomic E-state index is 0.0897. The van der Waals surface area contributed by atoms with E-state index < -0.39 is 121 Å². The Morgan fingerprint density at radius 1 is 0.643 bits per heavy atom. The van der Waals surface area contributed by atoms with Crippen LogP contribution in [0.2, 0.25) is 0 Å². The first-order valence-corrected chi connectivity index (χ1v) is 17.2. The lowest BCUT2D eigenvalue weighted by atomic mass is 9.85. The van der Waals surface area contributed by atoms with Crippen LogP contribution in [0.4, 0.5) is 0 Å². The summed E-state index contributed by atoms with van der Waals surface area (Å²) in [6.07, 6.45) is -8.09. The number of fused-ring (bicyclic) bond motifs is 3. The molecule has 3 fully saturated rings. The van der Waals surface area contributed by atoms with E-state index in [0.717, 1.165) is 47.6 Å². The molecule has 0 aromatic heterocycles. The Balaban J connectivity index is 1.47. The van der Waals surface area contributed by atoms with Gasteiger partial charge in [-0.05, 0) is 24.3 Å². The van der Waals surface area contributed by atoms with Gasteiger partial charge >= 0.3 is 47.8 Å². The van der Waals surface area contributed by atoms with Crippen molar-refractivity contribution in [3.63, 3.8) is 0 Å². The van der Waals surface area contributed by atoms with Gasteiger partial charge in [0.2, 0.25) is 12.6 Å². The number of carbonyl (C=O) groups excluding carboxylic acids is 8. The molecule has 0 N–H and O–H groups in total. The molecule has 304 valence electrons. The van der Waals surface area contributed by atoms with Crippen molar-refractivity contribution in [3.8, 4) is 11.5 Å². The fourth-order valence-electron chi connectivity index (χ4n) is 6.90. The summed E-state index contributed by atoms with van der Waals surface area (Å²) in [6, 6.07) is 3.69. The Kier molecular flexibility index (Phi) is 12.6. The van der Waals surface area contributed by atoms with Crippen LogP contribution in [0.15, 0.2) is 30.5 Å². The van der Waals surface area contributed by atoms with Crippen LogP contribution in [0.1, 0.15) is 58.8 Å². The number of rotatable bonds is 13.